The van der Waals surface area contributed by atoms with Crippen molar-refractivity contribution < 1.29 is 26.3 Å². The molecule has 9 heteroatoms. The molecule has 3 nitrogen and oxygen atoms in total. The maximum Gasteiger partial charge on any atom is 0.416 e. The molecule has 0 bridgehead atoms. The molecule has 6 aromatic rings. The number of nitriles is 1. The van der Waals surface area contributed by atoms with Crippen LogP contribution in [0, 0.1) is 16.9 Å². The van der Waals surface area contributed by atoms with Crippen molar-refractivity contribution in [2.24, 2.45) is 4.99 Å². The number of nitrogens with one attached hydrogen (secondary N) is 1. The molecule has 0 fully saturated rings. The average molecular weight is 710 g/mol. The summed E-state index contributed by atoms with van der Waals surface area (Å²) in [5, 5.41) is 19.0. The second-order valence-electron chi connectivity index (χ2n) is 14.1. The highest BCUT2D eigenvalue weighted by Gasteiger charge is 2.41. The minimum atomic E-state index is -4.44. The van der Waals surface area contributed by atoms with Crippen molar-refractivity contribution in [3.05, 3.63) is 154 Å². The van der Waals surface area contributed by atoms with Crippen molar-refractivity contribution in [3.63, 3.8) is 0 Å². The van der Waals surface area contributed by atoms with Gasteiger partial charge >= 0.3 is 12.4 Å². The Morgan fingerprint density at radius 1 is 0.491 bits per heavy atom. The third-order valence-electron chi connectivity index (χ3n) is 10.9. The lowest BCUT2D eigenvalue weighted by Crippen LogP contribution is -2.15. The zero-order chi connectivity index (χ0) is 37.2. The first-order chi connectivity index (χ1) is 25.1. The Bertz CT molecular complexity index is 2670. The maximum absolute atomic E-state index is 13.2. The van der Waals surface area contributed by atoms with Gasteiger partial charge in [-0.05, 0) is 127 Å². The summed E-state index contributed by atoms with van der Waals surface area (Å²) in [5.41, 5.74) is 12.2. The SMILES string of the molecule is CC1(C)c2cc3c(cc2-c2cc4c(cc21)-c1ccc(-c2ccc(C(F)(F)F)cc2)cc1C4=NC#N)C(=N)c1cc(-c2ccc(C(F)(F)F)cc2)ccc1-3. The van der Waals surface area contributed by atoms with Gasteiger partial charge in [-0.2, -0.15) is 36.6 Å². The van der Waals surface area contributed by atoms with Gasteiger partial charge in [0.25, 0.3) is 0 Å². The van der Waals surface area contributed by atoms with E-state index >= 15 is 0 Å². The molecule has 0 heterocycles. The number of hydrogen-bond donors (Lipinski definition) is 1. The highest BCUT2D eigenvalue weighted by molar-refractivity contribution is 6.27. The van der Waals surface area contributed by atoms with Crippen molar-refractivity contribution in [1.82, 2.24) is 0 Å². The van der Waals surface area contributed by atoms with Gasteiger partial charge in [-0.1, -0.05) is 62.4 Å². The number of halogens is 6. The van der Waals surface area contributed by atoms with Gasteiger partial charge < -0.3 is 0 Å². The summed E-state index contributed by atoms with van der Waals surface area (Å²) in [6, 6.07) is 29.7. The standard InChI is InChI=1S/C44H25F6N3/c1-42(2)38-19-30-28-13-7-24(22-3-9-26(10-4-22)43(45,46)47)15-34(28)40(52)35(30)17-32(38)33-18-37-31(20-39(33)42)29-14-8-25(16-36(29)41(37)53-21-51)23-5-11-27(12-6-23)44(48,49)50/h3-20,52H,1-2H3. The Kier molecular flexibility index (Phi) is 6.69. The summed E-state index contributed by atoms with van der Waals surface area (Å²) in [6.07, 6.45) is -6.93. The van der Waals surface area contributed by atoms with Crippen molar-refractivity contribution in [3.8, 4) is 61.8 Å². The van der Waals surface area contributed by atoms with Crippen LogP contribution in [0.2, 0.25) is 0 Å². The summed E-state index contributed by atoms with van der Waals surface area (Å²) in [7, 11) is 0. The van der Waals surface area contributed by atoms with Crippen LogP contribution in [0.1, 0.15) is 58.4 Å². The molecule has 3 aliphatic rings. The van der Waals surface area contributed by atoms with Crippen LogP contribution < -0.4 is 0 Å². The van der Waals surface area contributed by atoms with Crippen LogP contribution in [0.15, 0.2) is 114 Å². The number of aliphatic imine (C=N–C) groups is 1. The molecule has 0 atom stereocenters. The lowest BCUT2D eigenvalue weighted by molar-refractivity contribution is -0.138. The van der Waals surface area contributed by atoms with Gasteiger partial charge in [0.1, 0.15) is 0 Å². The largest absolute Gasteiger partial charge is 0.416 e. The first-order valence-electron chi connectivity index (χ1n) is 16.7. The van der Waals surface area contributed by atoms with E-state index in [2.05, 4.69) is 31.0 Å². The molecule has 53 heavy (non-hydrogen) atoms. The fourth-order valence-corrected chi connectivity index (χ4v) is 8.16. The van der Waals surface area contributed by atoms with Crippen LogP contribution in [0.4, 0.5) is 26.3 Å². The zero-order valence-electron chi connectivity index (χ0n) is 28.1. The van der Waals surface area contributed by atoms with Crippen LogP contribution >= 0.6 is 0 Å². The molecule has 9 rings (SSSR count). The third-order valence-corrected chi connectivity index (χ3v) is 10.9. The molecule has 3 aliphatic carbocycles. The molecule has 0 unspecified atom stereocenters. The highest BCUT2D eigenvalue weighted by Crippen LogP contribution is 2.55. The second kappa shape index (κ2) is 10.9. The van der Waals surface area contributed by atoms with Crippen molar-refractivity contribution in [2.45, 2.75) is 31.6 Å². The molecule has 0 radical (unpaired) electrons. The Hall–Kier alpha value is -6.27. The molecule has 0 aromatic heterocycles. The predicted molar refractivity (Wildman–Crippen MR) is 193 cm³/mol. The number of rotatable bonds is 2. The Labute approximate surface area is 300 Å². The Balaban J connectivity index is 1.11. The van der Waals surface area contributed by atoms with E-state index in [9.17, 15) is 37.0 Å². The van der Waals surface area contributed by atoms with Gasteiger partial charge in [0, 0.05) is 27.7 Å². The summed E-state index contributed by atoms with van der Waals surface area (Å²) in [4.78, 5) is 4.24. The van der Waals surface area contributed by atoms with Crippen LogP contribution in [0.3, 0.4) is 0 Å². The van der Waals surface area contributed by atoms with E-state index in [4.69, 9.17) is 0 Å². The van der Waals surface area contributed by atoms with Crippen LogP contribution in [-0.4, -0.2) is 11.4 Å². The van der Waals surface area contributed by atoms with Gasteiger partial charge in [-0.25, -0.2) is 0 Å². The molecule has 0 amide bonds. The molecule has 258 valence electrons. The molecule has 0 saturated heterocycles. The van der Waals surface area contributed by atoms with Gasteiger partial charge in [0.15, 0.2) is 0 Å². The van der Waals surface area contributed by atoms with E-state index < -0.39 is 28.9 Å². The van der Waals surface area contributed by atoms with Crippen molar-refractivity contribution in [2.75, 3.05) is 0 Å². The van der Waals surface area contributed by atoms with Crippen LogP contribution in [0.25, 0.3) is 55.6 Å². The summed E-state index contributed by atoms with van der Waals surface area (Å²) in [5.74, 6) is 0. The maximum atomic E-state index is 13.2. The van der Waals surface area contributed by atoms with Gasteiger partial charge in [0.05, 0.1) is 22.6 Å². The molecule has 1 N–H and O–H groups in total. The zero-order valence-corrected chi connectivity index (χ0v) is 28.1. The second-order valence-corrected chi connectivity index (χ2v) is 14.1. The van der Waals surface area contributed by atoms with Gasteiger partial charge in [0.2, 0.25) is 6.19 Å². The Morgan fingerprint density at radius 3 is 1.38 bits per heavy atom. The van der Waals surface area contributed by atoms with E-state index in [1.165, 1.54) is 24.3 Å². The number of hydrogen-bond acceptors (Lipinski definition) is 3. The fraction of sp³-hybridized carbons (Fsp3) is 0.114. The normalized spacial score (nSPS) is 15.4. The predicted octanol–water partition coefficient (Wildman–Crippen LogP) is 12.1. The molecule has 0 saturated carbocycles. The van der Waals surface area contributed by atoms with Crippen LogP contribution in [0.5, 0.6) is 0 Å². The quantitative estimate of drug-likeness (QED) is 0.141. The van der Waals surface area contributed by atoms with E-state index in [1.54, 1.807) is 0 Å². The Morgan fingerprint density at radius 2 is 0.887 bits per heavy atom. The molecule has 0 spiro atoms. The first kappa shape index (κ1) is 32.6. The third kappa shape index (κ3) is 4.82. The van der Waals surface area contributed by atoms with Crippen molar-refractivity contribution in [1.29, 1.82) is 10.7 Å². The number of benzene rings is 6. The van der Waals surface area contributed by atoms with E-state index in [-0.39, 0.29) is 0 Å². The monoisotopic (exact) mass is 709 g/mol. The minimum Gasteiger partial charge on any atom is -0.300 e. The van der Waals surface area contributed by atoms with E-state index in [0.717, 1.165) is 85.5 Å². The number of alkyl halides is 6. The average Bonchev–Trinajstić information content (AvgIpc) is 3.67. The number of fused-ring (bicyclic) bond motifs is 9. The van der Waals surface area contributed by atoms with Crippen molar-refractivity contribution >= 4 is 11.4 Å². The molecular formula is C44H25F6N3. The van der Waals surface area contributed by atoms with Gasteiger partial charge in [-0.3, -0.25) is 5.41 Å². The van der Waals surface area contributed by atoms with E-state index in [0.29, 0.717) is 39.2 Å². The minimum absolute atomic E-state index is 0.328. The number of nitrogens with zero attached hydrogens (tertiary/aromatic N) is 2. The van der Waals surface area contributed by atoms with E-state index in [1.807, 2.05) is 54.7 Å². The lowest BCUT2D eigenvalue weighted by atomic mass is 9.80. The molecular weight excluding hydrogens is 684 g/mol. The van der Waals surface area contributed by atoms with Crippen LogP contribution in [-0.2, 0) is 17.8 Å². The topological polar surface area (TPSA) is 60.0 Å². The molecule has 6 aromatic carbocycles. The highest BCUT2D eigenvalue weighted by atomic mass is 19.4. The summed E-state index contributed by atoms with van der Waals surface area (Å²) >= 11 is 0. The smallest absolute Gasteiger partial charge is 0.300 e. The summed E-state index contributed by atoms with van der Waals surface area (Å²) in [6.45, 7) is 4.30. The lowest BCUT2D eigenvalue weighted by Gasteiger charge is -2.23. The van der Waals surface area contributed by atoms with Gasteiger partial charge in [-0.15, -0.1) is 0 Å². The molecule has 0 aliphatic heterocycles. The first-order valence-corrected chi connectivity index (χ1v) is 16.7. The fourth-order valence-electron chi connectivity index (χ4n) is 8.16. The summed E-state index contributed by atoms with van der Waals surface area (Å²) < 4.78 is 79.1.